The third kappa shape index (κ3) is 4.49. The van der Waals surface area contributed by atoms with Crippen LogP contribution >= 0.6 is 23.2 Å². The molecule has 0 atom stereocenters. The lowest BCUT2D eigenvalue weighted by atomic mass is 10.0. The van der Waals surface area contributed by atoms with Crippen molar-refractivity contribution in [2.45, 2.75) is 27.7 Å². The van der Waals surface area contributed by atoms with Gasteiger partial charge in [-0.3, -0.25) is 4.79 Å². The Bertz CT molecular complexity index is 1130. The number of aryl methyl sites for hydroxylation is 1. The van der Waals surface area contributed by atoms with Gasteiger partial charge in [0.25, 0.3) is 5.91 Å². The van der Waals surface area contributed by atoms with Gasteiger partial charge in [0.2, 0.25) is 0 Å². The first-order valence-corrected chi connectivity index (χ1v) is 11.0. The fraction of sp³-hybridized carbons (Fsp3) is 0.333. The van der Waals surface area contributed by atoms with Gasteiger partial charge in [0, 0.05) is 35.8 Å². The number of rotatable bonds is 7. The Morgan fingerprint density at radius 3 is 2.50 bits per heavy atom. The molecular weight excluding hydrogens is 451 g/mol. The van der Waals surface area contributed by atoms with Crippen molar-refractivity contribution in [1.82, 2.24) is 9.47 Å². The van der Waals surface area contributed by atoms with Crippen LogP contribution < -0.4 is 0 Å². The van der Waals surface area contributed by atoms with Gasteiger partial charge >= 0.3 is 5.97 Å². The third-order valence-electron chi connectivity index (χ3n) is 5.43. The van der Waals surface area contributed by atoms with Crippen LogP contribution in [-0.4, -0.2) is 48.2 Å². The summed E-state index contributed by atoms with van der Waals surface area (Å²) in [6, 6.07) is 7.27. The van der Waals surface area contributed by atoms with E-state index in [0.717, 1.165) is 22.6 Å². The minimum atomic E-state index is -0.515. The minimum Gasteiger partial charge on any atom is -0.462 e. The molecule has 1 amide bonds. The number of carbonyl (C=O) groups excluding carboxylic acids is 2. The molecule has 0 aliphatic carbocycles. The molecule has 3 rings (SSSR count). The van der Waals surface area contributed by atoms with Crippen molar-refractivity contribution in [3.05, 3.63) is 68.1 Å². The molecule has 1 aliphatic heterocycles. The summed E-state index contributed by atoms with van der Waals surface area (Å²) in [5, 5.41) is 1.07. The highest BCUT2D eigenvalue weighted by Crippen LogP contribution is 2.34. The summed E-state index contributed by atoms with van der Waals surface area (Å²) in [5.74, 6) is -0.768. The van der Waals surface area contributed by atoms with Crippen LogP contribution in [0.4, 0.5) is 0 Å². The van der Waals surface area contributed by atoms with Gasteiger partial charge in [-0.15, -0.1) is 0 Å². The van der Waals surface area contributed by atoms with E-state index in [0.29, 0.717) is 34.5 Å². The lowest BCUT2D eigenvalue weighted by Crippen LogP contribution is -2.28. The zero-order chi connectivity index (χ0) is 23.6. The Balaban J connectivity index is 2.11. The molecule has 1 aliphatic rings. The van der Waals surface area contributed by atoms with Crippen molar-refractivity contribution in [3.63, 3.8) is 0 Å². The number of halogens is 2. The SMILES string of the molecule is CCOC(=O)C1=C(C)N(CCOC)C(=O)/C1=C/c1cc(C)n(-c2ccc(Cl)cc2Cl)c1C. The van der Waals surface area contributed by atoms with Crippen molar-refractivity contribution in [2.24, 2.45) is 0 Å². The summed E-state index contributed by atoms with van der Waals surface area (Å²) in [6.45, 7) is 8.30. The van der Waals surface area contributed by atoms with Crippen LogP contribution in [0, 0.1) is 13.8 Å². The highest BCUT2D eigenvalue weighted by atomic mass is 35.5. The fourth-order valence-electron chi connectivity index (χ4n) is 3.90. The van der Waals surface area contributed by atoms with E-state index in [4.69, 9.17) is 32.7 Å². The average molecular weight is 477 g/mol. The third-order valence-corrected chi connectivity index (χ3v) is 5.97. The molecule has 0 saturated heterocycles. The molecule has 6 nitrogen and oxygen atoms in total. The van der Waals surface area contributed by atoms with E-state index in [2.05, 4.69) is 0 Å². The zero-order valence-corrected chi connectivity index (χ0v) is 20.3. The topological polar surface area (TPSA) is 60.8 Å². The molecular formula is C24H26Cl2N2O4. The van der Waals surface area contributed by atoms with E-state index in [-0.39, 0.29) is 18.1 Å². The lowest BCUT2D eigenvalue weighted by molar-refractivity contribution is -0.138. The first kappa shape index (κ1) is 24.1. The number of hydrogen-bond acceptors (Lipinski definition) is 4. The molecule has 32 heavy (non-hydrogen) atoms. The van der Waals surface area contributed by atoms with E-state index in [1.807, 2.05) is 30.5 Å². The highest BCUT2D eigenvalue weighted by molar-refractivity contribution is 6.35. The van der Waals surface area contributed by atoms with E-state index >= 15 is 0 Å². The number of ether oxygens (including phenoxy) is 2. The van der Waals surface area contributed by atoms with Gasteiger partial charge in [0.15, 0.2) is 0 Å². The number of hydrogen-bond donors (Lipinski definition) is 0. The Morgan fingerprint density at radius 2 is 1.88 bits per heavy atom. The molecule has 0 spiro atoms. The van der Waals surface area contributed by atoms with E-state index < -0.39 is 5.97 Å². The van der Waals surface area contributed by atoms with Gasteiger partial charge < -0.3 is 18.9 Å². The fourth-order valence-corrected chi connectivity index (χ4v) is 4.40. The molecule has 2 aromatic rings. The Labute approximate surface area is 198 Å². The standard InChI is InChI=1S/C24H26Cl2N2O4/c1-6-32-24(30)22-16(4)27(9-10-31-5)23(29)19(22)12-17-11-14(2)28(15(17)3)21-8-7-18(25)13-20(21)26/h7-8,11-13H,6,9-10H2,1-5H3/b19-12+. The van der Waals surface area contributed by atoms with E-state index in [1.54, 1.807) is 44.1 Å². The van der Waals surface area contributed by atoms with Crippen LogP contribution in [0.25, 0.3) is 11.8 Å². The number of esters is 1. The number of amides is 1. The number of nitrogens with zero attached hydrogens (tertiary/aromatic N) is 2. The van der Waals surface area contributed by atoms with Gasteiger partial charge in [-0.2, -0.15) is 0 Å². The van der Waals surface area contributed by atoms with Crippen molar-refractivity contribution in [1.29, 1.82) is 0 Å². The molecule has 1 aromatic carbocycles. The molecule has 0 N–H and O–H groups in total. The second kappa shape index (κ2) is 9.94. The molecule has 0 unspecified atom stereocenters. The van der Waals surface area contributed by atoms with E-state index in [9.17, 15) is 9.59 Å². The Morgan fingerprint density at radius 1 is 1.16 bits per heavy atom. The summed E-state index contributed by atoms with van der Waals surface area (Å²) in [7, 11) is 1.57. The van der Waals surface area contributed by atoms with E-state index in [1.165, 1.54) is 0 Å². The van der Waals surface area contributed by atoms with Crippen LogP contribution in [-0.2, 0) is 19.1 Å². The van der Waals surface area contributed by atoms with Gasteiger partial charge in [-0.1, -0.05) is 23.2 Å². The predicted octanol–water partition coefficient (Wildman–Crippen LogP) is 5.11. The number of aromatic nitrogens is 1. The first-order valence-electron chi connectivity index (χ1n) is 10.3. The largest absolute Gasteiger partial charge is 0.462 e. The second-order valence-corrected chi connectivity index (χ2v) is 8.29. The number of methoxy groups -OCH3 is 1. The smallest absolute Gasteiger partial charge is 0.340 e. The molecule has 0 radical (unpaired) electrons. The number of carbonyl (C=O) groups is 2. The van der Waals surface area contributed by atoms with Gasteiger partial charge in [0.1, 0.15) is 0 Å². The maximum absolute atomic E-state index is 13.2. The first-order chi connectivity index (χ1) is 15.2. The Hall–Kier alpha value is -2.54. The van der Waals surface area contributed by atoms with Crippen LogP contribution in [0.1, 0.15) is 30.8 Å². The Kier molecular flexibility index (Phi) is 7.49. The summed E-state index contributed by atoms with van der Waals surface area (Å²) in [4.78, 5) is 27.5. The van der Waals surface area contributed by atoms with Crippen molar-refractivity contribution >= 4 is 41.2 Å². The van der Waals surface area contributed by atoms with Crippen LogP contribution in [0.2, 0.25) is 10.0 Å². The zero-order valence-electron chi connectivity index (χ0n) is 18.8. The minimum absolute atomic E-state index is 0.221. The maximum Gasteiger partial charge on any atom is 0.340 e. The van der Waals surface area contributed by atoms with Crippen molar-refractivity contribution < 1.29 is 19.1 Å². The molecule has 2 heterocycles. The van der Waals surface area contributed by atoms with Crippen LogP contribution in [0.3, 0.4) is 0 Å². The van der Waals surface area contributed by atoms with Crippen LogP contribution in [0.15, 0.2) is 41.1 Å². The van der Waals surface area contributed by atoms with Crippen molar-refractivity contribution in [2.75, 3.05) is 26.9 Å². The van der Waals surface area contributed by atoms with Gasteiger partial charge in [-0.25, -0.2) is 4.79 Å². The summed E-state index contributed by atoms with van der Waals surface area (Å²) < 4.78 is 12.4. The average Bonchev–Trinajstić information content (AvgIpc) is 3.13. The summed E-state index contributed by atoms with van der Waals surface area (Å²) >= 11 is 12.5. The quantitative estimate of drug-likeness (QED) is 0.411. The van der Waals surface area contributed by atoms with Gasteiger partial charge in [0.05, 0.1) is 35.1 Å². The molecule has 1 aromatic heterocycles. The molecule has 0 fully saturated rings. The highest BCUT2D eigenvalue weighted by Gasteiger charge is 2.37. The predicted molar refractivity (Wildman–Crippen MR) is 126 cm³/mol. The molecule has 0 saturated carbocycles. The second-order valence-electron chi connectivity index (χ2n) is 7.45. The van der Waals surface area contributed by atoms with Gasteiger partial charge in [-0.05, 0) is 63.6 Å². The molecule has 8 heteroatoms. The summed E-state index contributed by atoms with van der Waals surface area (Å²) in [5.41, 5.74) is 4.54. The normalized spacial score (nSPS) is 15.3. The maximum atomic E-state index is 13.2. The number of allylic oxidation sites excluding steroid dienone is 1. The number of benzene rings is 1. The molecule has 170 valence electrons. The van der Waals surface area contributed by atoms with Crippen LogP contribution in [0.5, 0.6) is 0 Å². The molecule has 0 bridgehead atoms. The summed E-state index contributed by atoms with van der Waals surface area (Å²) in [6.07, 6.45) is 1.74. The lowest BCUT2D eigenvalue weighted by Gasteiger charge is -2.16. The van der Waals surface area contributed by atoms with Crippen molar-refractivity contribution in [3.8, 4) is 5.69 Å². The monoisotopic (exact) mass is 476 g/mol.